The van der Waals surface area contributed by atoms with Crippen molar-refractivity contribution in [2.45, 2.75) is 31.8 Å². The number of amides is 1. The smallest absolute Gasteiger partial charge is 0.236 e. The number of fused-ring (bicyclic) bond motifs is 1. The van der Waals surface area contributed by atoms with Crippen molar-refractivity contribution in [2.24, 2.45) is 0 Å². The van der Waals surface area contributed by atoms with Gasteiger partial charge in [0.25, 0.3) is 0 Å². The van der Waals surface area contributed by atoms with Gasteiger partial charge in [-0.15, -0.1) is 11.3 Å². The molecule has 1 aromatic rings. The van der Waals surface area contributed by atoms with Crippen molar-refractivity contribution >= 4 is 17.2 Å². The molecular weight excluding hydrogens is 220 g/mol. The van der Waals surface area contributed by atoms with Gasteiger partial charge in [-0.05, 0) is 36.3 Å². The first kappa shape index (κ1) is 10.3. The normalized spacial score (nSPS) is 19.6. The highest BCUT2D eigenvalue weighted by Crippen LogP contribution is 2.24. The summed E-state index contributed by atoms with van der Waals surface area (Å²) in [7, 11) is 0. The Morgan fingerprint density at radius 3 is 3.25 bits per heavy atom. The second-order valence-corrected chi connectivity index (χ2v) is 5.59. The highest BCUT2D eigenvalue weighted by molar-refractivity contribution is 7.10. The van der Waals surface area contributed by atoms with Gasteiger partial charge in [-0.3, -0.25) is 4.79 Å². The van der Waals surface area contributed by atoms with Crippen molar-refractivity contribution in [3.8, 4) is 0 Å². The zero-order valence-corrected chi connectivity index (χ0v) is 10.1. The summed E-state index contributed by atoms with van der Waals surface area (Å²) in [5.74, 6) is 0.253. The van der Waals surface area contributed by atoms with Crippen molar-refractivity contribution in [2.75, 3.05) is 13.1 Å². The summed E-state index contributed by atoms with van der Waals surface area (Å²) in [6.45, 7) is 2.22. The predicted octanol–water partition coefficient (Wildman–Crippen LogP) is 1.38. The molecule has 0 spiro atoms. The molecule has 0 unspecified atom stereocenters. The van der Waals surface area contributed by atoms with E-state index in [9.17, 15) is 4.79 Å². The molecule has 0 saturated heterocycles. The molecule has 86 valence electrons. The summed E-state index contributed by atoms with van der Waals surface area (Å²) < 4.78 is 0. The fourth-order valence-corrected chi connectivity index (χ4v) is 2.98. The zero-order chi connectivity index (χ0) is 11.0. The van der Waals surface area contributed by atoms with Gasteiger partial charge < -0.3 is 10.2 Å². The molecule has 1 aromatic heterocycles. The lowest BCUT2D eigenvalue weighted by Gasteiger charge is -2.27. The van der Waals surface area contributed by atoms with Crippen LogP contribution in [0, 0.1) is 0 Å². The summed E-state index contributed by atoms with van der Waals surface area (Å²) >= 11 is 1.81. The molecular formula is C12H16N2OS. The minimum Gasteiger partial charge on any atom is -0.337 e. The second kappa shape index (κ2) is 4.18. The first-order valence-electron chi connectivity index (χ1n) is 5.89. The Balaban J connectivity index is 1.57. The van der Waals surface area contributed by atoms with Gasteiger partial charge >= 0.3 is 0 Å². The molecule has 3 rings (SSSR count). The van der Waals surface area contributed by atoms with Crippen LogP contribution in [0.25, 0.3) is 0 Å². The molecule has 0 aromatic carbocycles. The number of hydrogen-bond acceptors (Lipinski definition) is 3. The Kier molecular flexibility index (Phi) is 2.69. The van der Waals surface area contributed by atoms with Crippen molar-refractivity contribution in [3.63, 3.8) is 0 Å². The van der Waals surface area contributed by atoms with Crippen molar-refractivity contribution in [1.29, 1.82) is 0 Å². The summed E-state index contributed by atoms with van der Waals surface area (Å²) in [6, 6.07) is 2.76. The van der Waals surface area contributed by atoms with Gasteiger partial charge in [0, 0.05) is 24.0 Å². The van der Waals surface area contributed by atoms with Gasteiger partial charge in [-0.1, -0.05) is 0 Å². The summed E-state index contributed by atoms with van der Waals surface area (Å²) in [4.78, 5) is 15.4. The SMILES string of the molecule is O=C(CNC1CC1)N1CCc2sccc2C1. The van der Waals surface area contributed by atoms with Gasteiger partial charge in [0.2, 0.25) is 5.91 Å². The van der Waals surface area contributed by atoms with Crippen LogP contribution < -0.4 is 5.32 Å². The van der Waals surface area contributed by atoms with E-state index < -0.39 is 0 Å². The fraction of sp³-hybridized carbons (Fsp3) is 0.583. The van der Waals surface area contributed by atoms with Crippen LogP contribution in [0.1, 0.15) is 23.3 Å². The number of nitrogens with one attached hydrogen (secondary N) is 1. The predicted molar refractivity (Wildman–Crippen MR) is 64.5 cm³/mol. The Bertz CT molecular complexity index is 397. The largest absolute Gasteiger partial charge is 0.337 e. The number of rotatable bonds is 3. The van der Waals surface area contributed by atoms with E-state index in [0.29, 0.717) is 12.6 Å². The maximum Gasteiger partial charge on any atom is 0.236 e. The molecule has 1 N–H and O–H groups in total. The van der Waals surface area contributed by atoms with Crippen LogP contribution in [0.4, 0.5) is 0 Å². The Morgan fingerprint density at radius 1 is 1.56 bits per heavy atom. The van der Waals surface area contributed by atoms with Crippen LogP contribution >= 0.6 is 11.3 Å². The summed E-state index contributed by atoms with van der Waals surface area (Å²) in [5, 5.41) is 5.41. The molecule has 1 aliphatic heterocycles. The Labute approximate surface area is 99.5 Å². The molecule has 2 aliphatic rings. The molecule has 0 bridgehead atoms. The first-order valence-corrected chi connectivity index (χ1v) is 6.77. The van der Waals surface area contributed by atoms with Gasteiger partial charge in [-0.2, -0.15) is 0 Å². The molecule has 1 fully saturated rings. The van der Waals surface area contributed by atoms with Crippen LogP contribution in [-0.2, 0) is 17.8 Å². The van der Waals surface area contributed by atoms with E-state index in [2.05, 4.69) is 16.8 Å². The van der Waals surface area contributed by atoms with E-state index >= 15 is 0 Å². The molecule has 1 aliphatic carbocycles. The van der Waals surface area contributed by atoms with Crippen molar-refractivity contribution in [1.82, 2.24) is 10.2 Å². The quantitative estimate of drug-likeness (QED) is 0.860. The molecule has 3 nitrogen and oxygen atoms in total. The van der Waals surface area contributed by atoms with E-state index in [0.717, 1.165) is 19.5 Å². The minimum absolute atomic E-state index is 0.253. The topological polar surface area (TPSA) is 32.3 Å². The number of thiophene rings is 1. The molecule has 0 radical (unpaired) electrons. The number of carbonyl (C=O) groups is 1. The van der Waals surface area contributed by atoms with Crippen LogP contribution in [0.15, 0.2) is 11.4 Å². The van der Waals surface area contributed by atoms with Crippen LogP contribution in [0.2, 0.25) is 0 Å². The van der Waals surface area contributed by atoms with Gasteiger partial charge in [0.15, 0.2) is 0 Å². The molecule has 0 atom stereocenters. The van der Waals surface area contributed by atoms with E-state index in [-0.39, 0.29) is 5.91 Å². The third-order valence-electron chi connectivity index (χ3n) is 3.28. The van der Waals surface area contributed by atoms with Crippen molar-refractivity contribution < 1.29 is 4.79 Å². The first-order chi connectivity index (χ1) is 7.83. The molecule has 16 heavy (non-hydrogen) atoms. The molecule has 1 amide bonds. The monoisotopic (exact) mass is 236 g/mol. The van der Waals surface area contributed by atoms with Gasteiger partial charge in [-0.25, -0.2) is 0 Å². The van der Waals surface area contributed by atoms with E-state index in [1.165, 1.54) is 23.3 Å². The molecule has 2 heterocycles. The Hall–Kier alpha value is -0.870. The lowest BCUT2D eigenvalue weighted by atomic mass is 10.1. The average Bonchev–Trinajstić information content (AvgIpc) is 3.01. The summed E-state index contributed by atoms with van der Waals surface area (Å²) in [6.07, 6.45) is 3.51. The van der Waals surface area contributed by atoms with Crippen molar-refractivity contribution in [3.05, 3.63) is 21.9 Å². The lowest BCUT2D eigenvalue weighted by molar-refractivity contribution is -0.131. The second-order valence-electron chi connectivity index (χ2n) is 4.59. The number of hydrogen-bond donors (Lipinski definition) is 1. The van der Waals surface area contributed by atoms with Gasteiger partial charge in [0.1, 0.15) is 0 Å². The lowest BCUT2D eigenvalue weighted by Crippen LogP contribution is -2.41. The van der Waals surface area contributed by atoms with E-state index in [4.69, 9.17) is 0 Å². The maximum absolute atomic E-state index is 11.9. The molecule has 1 saturated carbocycles. The molecule has 4 heteroatoms. The summed E-state index contributed by atoms with van der Waals surface area (Å²) in [5.41, 5.74) is 1.34. The zero-order valence-electron chi connectivity index (χ0n) is 9.24. The number of carbonyl (C=O) groups excluding carboxylic acids is 1. The van der Waals surface area contributed by atoms with E-state index in [1.807, 2.05) is 16.2 Å². The minimum atomic E-state index is 0.253. The fourth-order valence-electron chi connectivity index (χ4n) is 2.09. The highest BCUT2D eigenvalue weighted by Gasteiger charge is 2.24. The standard InChI is InChI=1S/C12H16N2OS/c15-12(7-13-10-1-2-10)14-5-3-11-9(8-14)4-6-16-11/h4,6,10,13H,1-3,5,7-8H2. The maximum atomic E-state index is 11.9. The van der Waals surface area contributed by atoms with Crippen LogP contribution in [0.5, 0.6) is 0 Å². The Morgan fingerprint density at radius 2 is 2.44 bits per heavy atom. The third-order valence-corrected chi connectivity index (χ3v) is 4.30. The van der Waals surface area contributed by atoms with Gasteiger partial charge in [0.05, 0.1) is 6.54 Å². The highest BCUT2D eigenvalue weighted by atomic mass is 32.1. The number of nitrogens with zero attached hydrogens (tertiary/aromatic N) is 1. The van der Waals surface area contributed by atoms with Crippen LogP contribution in [0.3, 0.4) is 0 Å². The van der Waals surface area contributed by atoms with E-state index in [1.54, 1.807) is 0 Å². The van der Waals surface area contributed by atoms with Crippen LogP contribution in [-0.4, -0.2) is 29.9 Å². The average molecular weight is 236 g/mol. The third kappa shape index (κ3) is 2.13.